The second-order valence-corrected chi connectivity index (χ2v) is 10.3. The lowest BCUT2D eigenvalue weighted by atomic mass is 10.1. The number of nitrogens with zero attached hydrogens (tertiary/aromatic N) is 2. The summed E-state index contributed by atoms with van der Waals surface area (Å²) in [7, 11) is -3.00. The molecule has 1 saturated carbocycles. The summed E-state index contributed by atoms with van der Waals surface area (Å²) in [6, 6.07) is 8.46. The van der Waals surface area contributed by atoms with Crippen LogP contribution in [0.2, 0.25) is 0 Å². The first-order chi connectivity index (χ1) is 12.9. The summed E-state index contributed by atoms with van der Waals surface area (Å²) in [5.41, 5.74) is 2.43. The predicted molar refractivity (Wildman–Crippen MR) is 108 cm³/mol. The number of sulfone groups is 1. The first-order valence-electron chi connectivity index (χ1n) is 10.2. The predicted octanol–water partition coefficient (Wildman–Crippen LogP) is 2.78. The van der Waals surface area contributed by atoms with E-state index < -0.39 is 9.84 Å². The molecule has 1 unspecified atom stereocenters. The van der Waals surface area contributed by atoms with Crippen molar-refractivity contribution in [1.29, 1.82) is 0 Å². The monoisotopic (exact) mass is 392 g/mol. The zero-order chi connectivity index (χ0) is 19.4. The van der Waals surface area contributed by atoms with Crippen molar-refractivity contribution in [3.05, 3.63) is 35.4 Å². The van der Waals surface area contributed by atoms with E-state index in [9.17, 15) is 13.2 Å². The Bertz CT molecular complexity index is 756. The number of likely N-dealkylation sites (N-methyl/N-ethyl adjacent to an activating group) is 1. The van der Waals surface area contributed by atoms with Gasteiger partial charge in [0.2, 0.25) is 5.91 Å². The molecule has 2 fully saturated rings. The van der Waals surface area contributed by atoms with Gasteiger partial charge in [0.05, 0.1) is 18.1 Å². The zero-order valence-corrected chi connectivity index (χ0v) is 17.4. The molecule has 1 atom stereocenters. The first-order valence-corrected chi connectivity index (χ1v) is 12.0. The van der Waals surface area contributed by atoms with E-state index in [4.69, 9.17) is 0 Å². The Kier molecular flexibility index (Phi) is 6.58. The number of carbonyl (C=O) groups is 1. The van der Waals surface area contributed by atoms with Gasteiger partial charge >= 0.3 is 0 Å². The molecule has 0 bridgehead atoms. The molecular weight excluding hydrogens is 360 g/mol. The Morgan fingerprint density at radius 2 is 1.89 bits per heavy atom. The molecule has 27 heavy (non-hydrogen) atoms. The van der Waals surface area contributed by atoms with Gasteiger partial charge in [0.15, 0.2) is 9.84 Å². The van der Waals surface area contributed by atoms with Crippen LogP contribution in [0.3, 0.4) is 0 Å². The van der Waals surface area contributed by atoms with Crippen LogP contribution in [-0.4, -0.2) is 60.8 Å². The number of hydrogen-bond donors (Lipinski definition) is 0. The minimum Gasteiger partial charge on any atom is -0.335 e. The van der Waals surface area contributed by atoms with Gasteiger partial charge in [0, 0.05) is 18.6 Å². The summed E-state index contributed by atoms with van der Waals surface area (Å²) in [4.78, 5) is 17.4. The molecule has 150 valence electrons. The molecule has 1 heterocycles. The molecule has 1 amide bonds. The number of aryl methyl sites for hydroxylation is 1. The van der Waals surface area contributed by atoms with E-state index in [1.165, 1.54) is 11.1 Å². The van der Waals surface area contributed by atoms with Gasteiger partial charge in [0.25, 0.3) is 0 Å². The van der Waals surface area contributed by atoms with Crippen LogP contribution >= 0.6 is 0 Å². The second-order valence-electron chi connectivity index (χ2n) is 8.09. The zero-order valence-electron chi connectivity index (χ0n) is 16.6. The van der Waals surface area contributed by atoms with Crippen molar-refractivity contribution >= 4 is 15.7 Å². The van der Waals surface area contributed by atoms with Crippen molar-refractivity contribution in [2.75, 3.05) is 24.6 Å². The minimum absolute atomic E-state index is 0.0958. The molecule has 0 N–H and O–H groups in total. The van der Waals surface area contributed by atoms with Gasteiger partial charge in [-0.05, 0) is 38.3 Å². The summed E-state index contributed by atoms with van der Waals surface area (Å²) in [6.45, 7) is 6.04. The van der Waals surface area contributed by atoms with Gasteiger partial charge in [-0.1, -0.05) is 49.6 Å². The second kappa shape index (κ2) is 8.74. The van der Waals surface area contributed by atoms with Crippen LogP contribution in [0.4, 0.5) is 0 Å². The smallest absolute Gasteiger partial charge is 0.237 e. The Morgan fingerprint density at radius 3 is 2.48 bits per heavy atom. The van der Waals surface area contributed by atoms with Crippen molar-refractivity contribution in [3.63, 3.8) is 0 Å². The van der Waals surface area contributed by atoms with Gasteiger partial charge in [0.1, 0.15) is 0 Å². The number of hydrogen-bond acceptors (Lipinski definition) is 4. The van der Waals surface area contributed by atoms with E-state index in [0.717, 1.165) is 38.8 Å². The quantitative estimate of drug-likeness (QED) is 0.716. The van der Waals surface area contributed by atoms with E-state index in [0.29, 0.717) is 13.0 Å². The van der Waals surface area contributed by atoms with Crippen LogP contribution in [0.15, 0.2) is 24.3 Å². The molecule has 3 rings (SSSR count). The largest absolute Gasteiger partial charge is 0.335 e. The lowest BCUT2D eigenvalue weighted by Crippen LogP contribution is -2.50. The molecule has 0 radical (unpaired) electrons. The van der Waals surface area contributed by atoms with Crippen LogP contribution in [0.1, 0.15) is 50.2 Å². The highest BCUT2D eigenvalue weighted by Crippen LogP contribution is 2.29. The van der Waals surface area contributed by atoms with Crippen LogP contribution in [0.25, 0.3) is 0 Å². The molecule has 1 aromatic rings. The first kappa shape index (κ1) is 20.3. The van der Waals surface area contributed by atoms with Gasteiger partial charge in [-0.2, -0.15) is 0 Å². The molecular formula is C21H32N2O3S. The third-order valence-corrected chi connectivity index (χ3v) is 7.65. The SMILES string of the molecule is CCN(CC(=O)N(C1CCCC1)C1CCS(=O)(=O)C1)Cc1cccc(C)c1. The maximum atomic E-state index is 13.2. The van der Waals surface area contributed by atoms with Crippen LogP contribution in [-0.2, 0) is 21.2 Å². The number of amides is 1. The highest BCUT2D eigenvalue weighted by atomic mass is 32.2. The third-order valence-electron chi connectivity index (χ3n) is 5.90. The fourth-order valence-corrected chi connectivity index (χ4v) is 6.22. The summed E-state index contributed by atoms with van der Waals surface area (Å²) >= 11 is 0. The molecule has 0 spiro atoms. The van der Waals surface area contributed by atoms with Gasteiger partial charge in [-0.15, -0.1) is 0 Å². The lowest BCUT2D eigenvalue weighted by Gasteiger charge is -2.35. The Balaban J connectivity index is 1.70. The molecule has 1 aliphatic carbocycles. The number of rotatable bonds is 7. The fourth-order valence-electron chi connectivity index (χ4n) is 4.50. The lowest BCUT2D eigenvalue weighted by molar-refractivity contribution is -0.137. The van der Waals surface area contributed by atoms with Gasteiger partial charge in [-0.3, -0.25) is 9.69 Å². The van der Waals surface area contributed by atoms with E-state index in [1.807, 2.05) is 4.90 Å². The Morgan fingerprint density at radius 1 is 1.15 bits per heavy atom. The van der Waals surface area contributed by atoms with E-state index in [1.54, 1.807) is 0 Å². The Labute approximate surface area is 163 Å². The molecule has 2 aliphatic rings. The maximum Gasteiger partial charge on any atom is 0.237 e. The van der Waals surface area contributed by atoms with Crippen molar-refractivity contribution in [1.82, 2.24) is 9.80 Å². The molecule has 6 heteroatoms. The molecule has 0 aromatic heterocycles. The average Bonchev–Trinajstić information content (AvgIpc) is 3.24. The van der Waals surface area contributed by atoms with Crippen molar-refractivity contribution < 1.29 is 13.2 Å². The fraction of sp³-hybridized carbons (Fsp3) is 0.667. The Hall–Kier alpha value is -1.40. The molecule has 1 aliphatic heterocycles. The summed E-state index contributed by atoms with van der Waals surface area (Å²) in [5, 5.41) is 0. The average molecular weight is 393 g/mol. The summed E-state index contributed by atoms with van der Waals surface area (Å²) in [6.07, 6.45) is 4.87. The van der Waals surface area contributed by atoms with E-state index >= 15 is 0 Å². The van der Waals surface area contributed by atoms with Crippen molar-refractivity contribution in [3.8, 4) is 0 Å². The standard InChI is InChI=1S/C21H32N2O3S/c1-3-22(14-18-8-6-7-17(2)13-18)15-21(24)23(19-9-4-5-10-19)20-11-12-27(25,26)16-20/h6-8,13,19-20H,3-5,9-12,14-16H2,1-2H3. The van der Waals surface area contributed by atoms with Crippen LogP contribution < -0.4 is 0 Å². The molecule has 1 aromatic carbocycles. The number of carbonyl (C=O) groups excluding carboxylic acids is 1. The molecule has 1 saturated heterocycles. The van der Waals surface area contributed by atoms with Crippen LogP contribution in [0.5, 0.6) is 0 Å². The van der Waals surface area contributed by atoms with Crippen molar-refractivity contribution in [2.45, 2.75) is 64.6 Å². The molecule has 5 nitrogen and oxygen atoms in total. The topological polar surface area (TPSA) is 57.7 Å². The number of benzene rings is 1. The summed E-state index contributed by atoms with van der Waals surface area (Å²) < 4.78 is 24.0. The highest BCUT2D eigenvalue weighted by Gasteiger charge is 2.39. The van der Waals surface area contributed by atoms with Gasteiger partial charge in [-0.25, -0.2) is 8.42 Å². The maximum absolute atomic E-state index is 13.2. The van der Waals surface area contributed by atoms with E-state index in [2.05, 4.69) is 43.0 Å². The van der Waals surface area contributed by atoms with Crippen molar-refractivity contribution in [2.24, 2.45) is 0 Å². The normalized spacial score (nSPS) is 22.4. The van der Waals surface area contributed by atoms with Crippen LogP contribution in [0, 0.1) is 6.92 Å². The minimum atomic E-state index is -3.00. The van der Waals surface area contributed by atoms with Gasteiger partial charge < -0.3 is 4.90 Å². The summed E-state index contributed by atoms with van der Waals surface area (Å²) in [5.74, 6) is 0.451. The van der Waals surface area contributed by atoms with E-state index in [-0.39, 0.29) is 29.5 Å². The third kappa shape index (κ3) is 5.32. The highest BCUT2D eigenvalue weighted by molar-refractivity contribution is 7.91.